The zero-order valence-electron chi connectivity index (χ0n) is 16.0. The summed E-state index contributed by atoms with van der Waals surface area (Å²) in [5.74, 6) is -0.948. The molecule has 4 rings (SSSR count). The van der Waals surface area contributed by atoms with Crippen LogP contribution in [0.4, 0.5) is 13.2 Å². The van der Waals surface area contributed by atoms with E-state index >= 15 is 0 Å². The summed E-state index contributed by atoms with van der Waals surface area (Å²) in [6, 6.07) is 3.94. The van der Waals surface area contributed by atoms with E-state index in [1.54, 1.807) is 4.90 Å². The minimum Gasteiger partial charge on any atom is -0.345 e. The summed E-state index contributed by atoms with van der Waals surface area (Å²) in [5, 5.41) is 4.76. The number of halogens is 3. The molecule has 0 unspecified atom stereocenters. The van der Waals surface area contributed by atoms with Crippen LogP contribution in [0.5, 0.6) is 0 Å². The number of fused-ring (bicyclic) bond motifs is 1. The average Bonchev–Trinajstić information content (AvgIpc) is 3.10. The number of carbonyl (C=O) groups is 1. The van der Waals surface area contributed by atoms with Crippen molar-refractivity contribution < 1.29 is 18.0 Å². The van der Waals surface area contributed by atoms with E-state index in [2.05, 4.69) is 4.98 Å². The highest BCUT2D eigenvalue weighted by Crippen LogP contribution is 2.42. The number of carbonyl (C=O) groups excluding carboxylic acids is 1. The van der Waals surface area contributed by atoms with Gasteiger partial charge < -0.3 is 4.90 Å². The molecule has 0 bridgehead atoms. The fourth-order valence-electron chi connectivity index (χ4n) is 4.70. The molecule has 0 aromatic carbocycles. The maximum atomic E-state index is 12.9. The number of aromatic nitrogens is 3. The zero-order chi connectivity index (χ0) is 19.9. The van der Waals surface area contributed by atoms with E-state index in [4.69, 9.17) is 5.10 Å². The van der Waals surface area contributed by atoms with Crippen molar-refractivity contribution in [1.82, 2.24) is 19.5 Å². The van der Waals surface area contributed by atoms with Gasteiger partial charge >= 0.3 is 6.18 Å². The van der Waals surface area contributed by atoms with Gasteiger partial charge in [0.2, 0.25) is 6.41 Å². The zero-order valence-corrected chi connectivity index (χ0v) is 16.0. The molecule has 2 aliphatic rings. The van der Waals surface area contributed by atoms with E-state index in [0.29, 0.717) is 19.4 Å². The minimum atomic E-state index is -4.10. The lowest BCUT2D eigenvalue weighted by molar-refractivity contribution is -0.182. The number of aryl methyl sites for hydroxylation is 1. The SMILES string of the molecule is Cc1cc([C@@H]2CCCN(C=O)C2)n2nc([C@H]3CC[C@H](C(F)(F)F)CC3)cc2n1. The Bertz CT molecular complexity index is 855. The largest absolute Gasteiger partial charge is 0.391 e. The highest BCUT2D eigenvalue weighted by atomic mass is 19.4. The Morgan fingerprint density at radius 1 is 1.11 bits per heavy atom. The number of piperidine rings is 1. The summed E-state index contributed by atoms with van der Waals surface area (Å²) in [6.07, 6.45) is 0.0643. The molecule has 2 fully saturated rings. The van der Waals surface area contributed by atoms with Gasteiger partial charge in [0.15, 0.2) is 5.65 Å². The third-order valence-electron chi connectivity index (χ3n) is 6.23. The van der Waals surface area contributed by atoms with Crippen molar-refractivity contribution in [2.75, 3.05) is 13.1 Å². The Balaban J connectivity index is 1.60. The van der Waals surface area contributed by atoms with Crippen molar-refractivity contribution in [3.8, 4) is 0 Å². The third kappa shape index (κ3) is 3.73. The predicted molar refractivity (Wildman–Crippen MR) is 98.1 cm³/mol. The van der Waals surface area contributed by atoms with Gasteiger partial charge in [0.05, 0.1) is 17.3 Å². The first kappa shape index (κ1) is 19.2. The molecule has 1 saturated carbocycles. The van der Waals surface area contributed by atoms with Crippen molar-refractivity contribution in [1.29, 1.82) is 0 Å². The Labute approximate surface area is 161 Å². The van der Waals surface area contributed by atoms with E-state index in [9.17, 15) is 18.0 Å². The number of likely N-dealkylation sites (tertiary alicyclic amines) is 1. The van der Waals surface area contributed by atoms with Gasteiger partial charge in [0.25, 0.3) is 0 Å². The smallest absolute Gasteiger partial charge is 0.345 e. The van der Waals surface area contributed by atoms with Crippen LogP contribution in [-0.4, -0.2) is 45.2 Å². The first-order chi connectivity index (χ1) is 13.3. The van der Waals surface area contributed by atoms with Crippen molar-refractivity contribution in [3.63, 3.8) is 0 Å². The minimum absolute atomic E-state index is 0.0475. The fourth-order valence-corrected chi connectivity index (χ4v) is 4.70. The molecular formula is C20H25F3N4O. The lowest BCUT2D eigenvalue weighted by atomic mass is 9.80. The topological polar surface area (TPSA) is 50.5 Å². The van der Waals surface area contributed by atoms with Crippen molar-refractivity contribution >= 4 is 12.1 Å². The molecule has 1 atom stereocenters. The van der Waals surface area contributed by atoms with E-state index < -0.39 is 12.1 Å². The van der Waals surface area contributed by atoms with Gasteiger partial charge in [-0.3, -0.25) is 4.79 Å². The average molecular weight is 394 g/mol. The number of rotatable bonds is 3. The number of nitrogens with zero attached hydrogens (tertiary/aromatic N) is 4. The maximum Gasteiger partial charge on any atom is 0.391 e. The summed E-state index contributed by atoms with van der Waals surface area (Å²) in [7, 11) is 0. The van der Waals surface area contributed by atoms with Gasteiger partial charge in [-0.05, 0) is 51.5 Å². The Hall–Kier alpha value is -2.12. The first-order valence-electron chi connectivity index (χ1n) is 9.98. The summed E-state index contributed by atoms with van der Waals surface area (Å²) < 4.78 is 40.7. The van der Waals surface area contributed by atoms with Crippen molar-refractivity contribution in [2.45, 2.75) is 63.5 Å². The molecule has 3 heterocycles. The maximum absolute atomic E-state index is 12.9. The molecule has 1 aliphatic heterocycles. The van der Waals surface area contributed by atoms with Crippen LogP contribution in [0.3, 0.4) is 0 Å². The molecule has 152 valence electrons. The molecule has 28 heavy (non-hydrogen) atoms. The number of hydrogen-bond donors (Lipinski definition) is 0. The lowest BCUT2D eigenvalue weighted by Crippen LogP contribution is -2.34. The van der Waals surface area contributed by atoms with Crippen LogP contribution in [0.1, 0.15) is 67.4 Å². The van der Waals surface area contributed by atoms with Crippen molar-refractivity contribution in [2.24, 2.45) is 5.92 Å². The van der Waals surface area contributed by atoms with Crippen LogP contribution in [0.25, 0.3) is 5.65 Å². The van der Waals surface area contributed by atoms with Crippen LogP contribution in [0.15, 0.2) is 12.1 Å². The highest BCUT2D eigenvalue weighted by molar-refractivity contribution is 5.48. The molecule has 0 N–H and O–H groups in total. The van der Waals surface area contributed by atoms with Crippen LogP contribution < -0.4 is 0 Å². The van der Waals surface area contributed by atoms with Crippen LogP contribution in [0, 0.1) is 12.8 Å². The van der Waals surface area contributed by atoms with Gasteiger partial charge in [-0.15, -0.1) is 0 Å². The number of hydrogen-bond acceptors (Lipinski definition) is 3. The van der Waals surface area contributed by atoms with Gasteiger partial charge in [0, 0.05) is 36.7 Å². The highest BCUT2D eigenvalue weighted by Gasteiger charge is 2.42. The van der Waals surface area contributed by atoms with Crippen LogP contribution in [0.2, 0.25) is 0 Å². The van der Waals surface area contributed by atoms with E-state index in [1.165, 1.54) is 0 Å². The predicted octanol–water partition coefficient (Wildman–Crippen LogP) is 4.21. The molecule has 1 saturated heterocycles. The van der Waals surface area contributed by atoms with E-state index in [0.717, 1.165) is 48.5 Å². The lowest BCUT2D eigenvalue weighted by Gasteiger charge is -2.30. The standard InChI is InChI=1S/C20H25F3N4O/c1-13-9-18(15-3-2-8-26(11-15)12-28)27-19(24-13)10-17(25-27)14-4-6-16(7-5-14)20(21,22)23/h9-10,12,14-16H,2-8,11H2,1H3/t14-,15-,16-/m1/s1. The molecule has 0 spiro atoms. The monoisotopic (exact) mass is 394 g/mol. The van der Waals surface area contributed by atoms with E-state index in [-0.39, 0.29) is 24.7 Å². The second-order valence-electron chi connectivity index (χ2n) is 8.19. The quantitative estimate of drug-likeness (QED) is 0.733. The summed E-state index contributed by atoms with van der Waals surface area (Å²) in [4.78, 5) is 17.6. The molecule has 8 heteroatoms. The van der Waals surface area contributed by atoms with Gasteiger partial charge in [-0.25, -0.2) is 9.50 Å². The second kappa shape index (κ2) is 7.37. The summed E-state index contributed by atoms with van der Waals surface area (Å²) >= 11 is 0. The molecule has 5 nitrogen and oxygen atoms in total. The molecule has 2 aromatic rings. The fraction of sp³-hybridized carbons (Fsp3) is 0.650. The third-order valence-corrected chi connectivity index (χ3v) is 6.23. The Morgan fingerprint density at radius 2 is 1.86 bits per heavy atom. The number of alkyl halides is 3. The van der Waals surface area contributed by atoms with Crippen LogP contribution >= 0.6 is 0 Å². The summed E-state index contributed by atoms with van der Waals surface area (Å²) in [5.41, 5.74) is 3.50. The summed E-state index contributed by atoms with van der Waals surface area (Å²) in [6.45, 7) is 3.37. The normalized spacial score (nSPS) is 26.6. The van der Waals surface area contributed by atoms with Gasteiger partial charge in [0.1, 0.15) is 0 Å². The van der Waals surface area contributed by atoms with Gasteiger partial charge in [-0.2, -0.15) is 18.3 Å². The van der Waals surface area contributed by atoms with E-state index in [1.807, 2.05) is 23.6 Å². The second-order valence-corrected chi connectivity index (χ2v) is 8.19. The molecular weight excluding hydrogens is 369 g/mol. The Kier molecular flexibility index (Phi) is 5.05. The van der Waals surface area contributed by atoms with Gasteiger partial charge in [-0.1, -0.05) is 0 Å². The molecule has 2 aromatic heterocycles. The first-order valence-corrected chi connectivity index (χ1v) is 9.98. The molecule has 0 radical (unpaired) electrons. The number of amides is 1. The van der Waals surface area contributed by atoms with Crippen molar-refractivity contribution in [3.05, 3.63) is 29.2 Å². The molecule has 1 amide bonds. The molecule has 1 aliphatic carbocycles. The Morgan fingerprint density at radius 3 is 2.54 bits per heavy atom. The van der Waals surface area contributed by atoms with Crippen LogP contribution in [-0.2, 0) is 4.79 Å².